The van der Waals surface area contributed by atoms with Gasteiger partial charge >= 0.3 is 0 Å². The Morgan fingerprint density at radius 2 is 2.08 bits per heavy atom. The van der Waals surface area contributed by atoms with Crippen LogP contribution in [0, 0.1) is 0 Å². The Morgan fingerprint density at radius 3 is 2.81 bits per heavy atom. The van der Waals surface area contributed by atoms with E-state index in [-0.39, 0.29) is 17.5 Å². The van der Waals surface area contributed by atoms with Gasteiger partial charge in [0.15, 0.2) is 0 Å². The van der Waals surface area contributed by atoms with Gasteiger partial charge in [0.1, 0.15) is 5.69 Å². The van der Waals surface area contributed by atoms with Crippen LogP contribution in [0.1, 0.15) is 72.9 Å². The minimum absolute atomic E-state index is 0.0836. The molecule has 1 saturated carbocycles. The van der Waals surface area contributed by atoms with E-state index in [1.54, 1.807) is 0 Å². The highest BCUT2D eigenvalue weighted by molar-refractivity contribution is 5.92. The molecule has 26 heavy (non-hydrogen) atoms. The van der Waals surface area contributed by atoms with Crippen LogP contribution in [0.15, 0.2) is 30.3 Å². The molecule has 1 fully saturated rings. The summed E-state index contributed by atoms with van der Waals surface area (Å²) in [7, 11) is 0. The molecule has 0 spiro atoms. The molecule has 2 aliphatic rings. The molecular formula is C21H28N4O. The molecule has 0 bridgehead atoms. The zero-order valence-electron chi connectivity index (χ0n) is 15.9. The van der Waals surface area contributed by atoms with Gasteiger partial charge in [0.05, 0.1) is 5.54 Å². The fourth-order valence-electron chi connectivity index (χ4n) is 3.77. The molecule has 1 aliphatic heterocycles. The number of benzene rings is 1. The minimum atomic E-state index is -0.111. The van der Waals surface area contributed by atoms with Crippen molar-refractivity contribution in [1.82, 2.24) is 20.4 Å². The van der Waals surface area contributed by atoms with Crippen molar-refractivity contribution in [1.29, 1.82) is 0 Å². The van der Waals surface area contributed by atoms with Crippen LogP contribution in [0.4, 0.5) is 0 Å². The zero-order chi connectivity index (χ0) is 18.3. The van der Waals surface area contributed by atoms with Crippen molar-refractivity contribution in [2.24, 2.45) is 0 Å². The average molecular weight is 352 g/mol. The van der Waals surface area contributed by atoms with Gasteiger partial charge in [-0.15, -0.1) is 0 Å². The second-order valence-corrected chi connectivity index (χ2v) is 8.48. The Morgan fingerprint density at radius 1 is 1.31 bits per heavy atom. The molecule has 1 atom stereocenters. The van der Waals surface area contributed by atoms with E-state index in [1.165, 1.54) is 29.7 Å². The summed E-state index contributed by atoms with van der Waals surface area (Å²) in [5.74, 6) is 0.481. The number of carbonyl (C=O) groups excluding carboxylic acids is 1. The van der Waals surface area contributed by atoms with Crippen molar-refractivity contribution in [2.45, 2.75) is 57.5 Å². The fourth-order valence-corrected chi connectivity index (χ4v) is 3.77. The first-order valence-electron chi connectivity index (χ1n) is 9.63. The normalized spacial score (nSPS) is 19.9. The Hall–Kier alpha value is -2.14. The third-order valence-electron chi connectivity index (χ3n) is 5.28. The van der Waals surface area contributed by atoms with Gasteiger partial charge < -0.3 is 10.6 Å². The Kier molecular flexibility index (Phi) is 4.35. The Bertz CT molecular complexity index is 814. The molecule has 5 heteroatoms. The summed E-state index contributed by atoms with van der Waals surface area (Å²) in [6.45, 7) is 7.93. The molecule has 5 nitrogen and oxygen atoms in total. The first-order valence-corrected chi connectivity index (χ1v) is 9.63. The Labute approximate surface area is 155 Å². The maximum Gasteiger partial charge on any atom is 0.271 e. The summed E-state index contributed by atoms with van der Waals surface area (Å²) in [5.41, 5.74) is 4.28. The van der Waals surface area contributed by atoms with Gasteiger partial charge in [0, 0.05) is 24.2 Å². The second-order valence-electron chi connectivity index (χ2n) is 8.48. The summed E-state index contributed by atoms with van der Waals surface area (Å²) < 4.78 is 2.04. The molecule has 1 amide bonds. The van der Waals surface area contributed by atoms with Gasteiger partial charge in [-0.05, 0) is 63.8 Å². The van der Waals surface area contributed by atoms with Crippen molar-refractivity contribution in [3.8, 4) is 0 Å². The van der Waals surface area contributed by atoms with Crippen molar-refractivity contribution >= 4 is 5.91 Å². The number of hydrogen-bond acceptors (Lipinski definition) is 3. The quantitative estimate of drug-likeness (QED) is 0.889. The molecule has 0 radical (unpaired) electrons. The predicted octanol–water partition coefficient (Wildman–Crippen LogP) is 3.13. The van der Waals surface area contributed by atoms with E-state index in [0.29, 0.717) is 18.2 Å². The molecule has 2 N–H and O–H groups in total. The number of amides is 1. The van der Waals surface area contributed by atoms with Crippen LogP contribution < -0.4 is 10.6 Å². The topological polar surface area (TPSA) is 59.0 Å². The highest BCUT2D eigenvalue weighted by Crippen LogP contribution is 2.41. The molecule has 2 aromatic rings. The second kappa shape index (κ2) is 6.54. The lowest BCUT2D eigenvalue weighted by Crippen LogP contribution is -2.39. The standard InChI is InChI=1S/C21H28N4O/c1-21(2,3)25-19(15-8-9-15)12-17(24-25)20(26)23-13-18-16-7-5-4-6-14(16)10-11-22-18/h4-7,12,15,18,22H,8-11,13H2,1-3H3,(H,23,26). The van der Waals surface area contributed by atoms with Gasteiger partial charge in [-0.25, -0.2) is 0 Å². The van der Waals surface area contributed by atoms with Gasteiger partial charge in [-0.3, -0.25) is 9.48 Å². The maximum atomic E-state index is 12.7. The third-order valence-corrected chi connectivity index (χ3v) is 5.28. The molecule has 1 aromatic heterocycles. The first-order chi connectivity index (χ1) is 12.4. The van der Waals surface area contributed by atoms with Crippen LogP contribution in [0.2, 0.25) is 0 Å². The number of rotatable bonds is 4. The van der Waals surface area contributed by atoms with Crippen molar-refractivity contribution in [3.05, 3.63) is 52.8 Å². The van der Waals surface area contributed by atoms with Crippen molar-refractivity contribution < 1.29 is 4.79 Å². The van der Waals surface area contributed by atoms with Crippen LogP contribution in [-0.4, -0.2) is 28.8 Å². The van der Waals surface area contributed by atoms with Gasteiger partial charge in [0.2, 0.25) is 0 Å². The number of hydrogen-bond donors (Lipinski definition) is 2. The summed E-state index contributed by atoms with van der Waals surface area (Å²) in [6.07, 6.45) is 3.44. The number of nitrogens with one attached hydrogen (secondary N) is 2. The van der Waals surface area contributed by atoms with Gasteiger partial charge in [-0.1, -0.05) is 24.3 Å². The highest BCUT2D eigenvalue weighted by atomic mass is 16.1. The van der Waals surface area contributed by atoms with Crippen LogP contribution >= 0.6 is 0 Å². The SMILES string of the molecule is CC(C)(C)n1nc(C(=O)NCC2NCCc3ccccc32)cc1C1CC1. The Balaban J connectivity index is 1.48. The average Bonchev–Trinajstić information content (AvgIpc) is 3.36. The lowest BCUT2D eigenvalue weighted by atomic mass is 9.94. The number of fused-ring (bicyclic) bond motifs is 1. The first kappa shape index (κ1) is 17.3. The molecular weight excluding hydrogens is 324 g/mol. The van der Waals surface area contributed by atoms with Crippen molar-refractivity contribution in [2.75, 3.05) is 13.1 Å². The molecule has 1 unspecified atom stereocenters. The zero-order valence-corrected chi connectivity index (χ0v) is 15.9. The van der Waals surface area contributed by atoms with E-state index < -0.39 is 0 Å². The number of nitrogens with zero attached hydrogens (tertiary/aromatic N) is 2. The number of carbonyl (C=O) groups is 1. The largest absolute Gasteiger partial charge is 0.349 e. The van der Waals surface area contributed by atoms with Crippen molar-refractivity contribution in [3.63, 3.8) is 0 Å². The lowest BCUT2D eigenvalue weighted by Gasteiger charge is -2.27. The lowest BCUT2D eigenvalue weighted by molar-refractivity contribution is 0.0942. The fraction of sp³-hybridized carbons (Fsp3) is 0.524. The smallest absolute Gasteiger partial charge is 0.271 e. The molecule has 1 aliphatic carbocycles. The summed E-state index contributed by atoms with van der Waals surface area (Å²) in [4.78, 5) is 12.7. The van der Waals surface area contributed by atoms with E-state index >= 15 is 0 Å². The molecule has 0 saturated heterocycles. The van der Waals surface area contributed by atoms with E-state index in [1.807, 2.05) is 10.7 Å². The van der Waals surface area contributed by atoms with Gasteiger partial charge in [-0.2, -0.15) is 5.10 Å². The van der Waals surface area contributed by atoms with Crippen LogP contribution in [-0.2, 0) is 12.0 Å². The monoisotopic (exact) mass is 352 g/mol. The number of aromatic nitrogens is 2. The van der Waals surface area contributed by atoms with E-state index in [0.717, 1.165) is 13.0 Å². The summed E-state index contributed by atoms with van der Waals surface area (Å²) in [6, 6.07) is 10.6. The molecule has 138 valence electrons. The van der Waals surface area contributed by atoms with E-state index in [2.05, 4.69) is 60.8 Å². The molecule has 2 heterocycles. The summed E-state index contributed by atoms with van der Waals surface area (Å²) in [5, 5.41) is 11.2. The molecule has 1 aromatic carbocycles. The summed E-state index contributed by atoms with van der Waals surface area (Å²) >= 11 is 0. The molecule has 4 rings (SSSR count). The van der Waals surface area contributed by atoms with Crippen LogP contribution in [0.5, 0.6) is 0 Å². The van der Waals surface area contributed by atoms with Crippen LogP contribution in [0.3, 0.4) is 0 Å². The predicted molar refractivity (Wildman–Crippen MR) is 102 cm³/mol. The van der Waals surface area contributed by atoms with E-state index in [9.17, 15) is 4.79 Å². The minimum Gasteiger partial charge on any atom is -0.349 e. The van der Waals surface area contributed by atoms with Crippen LogP contribution in [0.25, 0.3) is 0 Å². The highest BCUT2D eigenvalue weighted by Gasteiger charge is 2.32. The van der Waals surface area contributed by atoms with Gasteiger partial charge in [0.25, 0.3) is 5.91 Å². The van der Waals surface area contributed by atoms with E-state index in [4.69, 9.17) is 0 Å². The third kappa shape index (κ3) is 3.40. The maximum absolute atomic E-state index is 12.7.